The van der Waals surface area contributed by atoms with E-state index in [0.29, 0.717) is 17.4 Å². The normalized spacial score (nSPS) is 14.7. The summed E-state index contributed by atoms with van der Waals surface area (Å²) in [4.78, 5) is 52.2. The Morgan fingerprint density at radius 1 is 1.19 bits per heavy atom. The third-order valence-corrected chi connectivity index (χ3v) is 5.87. The molecule has 1 fully saturated rings. The van der Waals surface area contributed by atoms with E-state index in [1.165, 1.54) is 4.57 Å². The van der Waals surface area contributed by atoms with E-state index in [9.17, 15) is 14.4 Å². The van der Waals surface area contributed by atoms with E-state index < -0.39 is 0 Å². The number of H-pyrrole nitrogens is 1. The highest BCUT2D eigenvalue weighted by molar-refractivity contribution is 5.90. The summed E-state index contributed by atoms with van der Waals surface area (Å²) in [7, 11) is 1.56. The molecule has 10 nitrogen and oxygen atoms in total. The Kier molecular flexibility index (Phi) is 6.04. The molecule has 1 aliphatic heterocycles. The number of fused-ring (bicyclic) bond motifs is 1. The topological polar surface area (TPSA) is 116 Å². The van der Waals surface area contributed by atoms with Crippen molar-refractivity contribution in [2.45, 2.75) is 26.9 Å². The first-order valence-electron chi connectivity index (χ1n) is 10.7. The van der Waals surface area contributed by atoms with Crippen molar-refractivity contribution in [1.82, 2.24) is 29.7 Å². The van der Waals surface area contributed by atoms with Crippen LogP contribution in [-0.4, -0.2) is 63.6 Å². The second-order valence-corrected chi connectivity index (χ2v) is 7.87. The van der Waals surface area contributed by atoms with Gasteiger partial charge in [0.05, 0.1) is 28.5 Å². The molecule has 0 aliphatic carbocycles. The highest BCUT2D eigenvalue weighted by Crippen LogP contribution is 2.20. The molecule has 32 heavy (non-hydrogen) atoms. The zero-order valence-corrected chi connectivity index (χ0v) is 18.5. The van der Waals surface area contributed by atoms with Gasteiger partial charge in [-0.3, -0.25) is 19.1 Å². The van der Waals surface area contributed by atoms with Crippen molar-refractivity contribution in [2.24, 2.45) is 0 Å². The molecule has 1 aliphatic rings. The van der Waals surface area contributed by atoms with E-state index in [0.717, 1.165) is 49.7 Å². The maximum Gasteiger partial charge on any atom is 0.328 e. The van der Waals surface area contributed by atoms with Crippen LogP contribution in [0.4, 0.5) is 5.69 Å². The second kappa shape index (κ2) is 8.91. The smallest absolute Gasteiger partial charge is 0.328 e. The molecular formula is C22H27N7O3. The van der Waals surface area contributed by atoms with Gasteiger partial charge in [-0.05, 0) is 31.5 Å². The van der Waals surface area contributed by atoms with Crippen molar-refractivity contribution in [3.63, 3.8) is 0 Å². The fourth-order valence-corrected chi connectivity index (χ4v) is 4.08. The first kappa shape index (κ1) is 21.7. The van der Waals surface area contributed by atoms with Crippen LogP contribution in [-0.2, 0) is 13.1 Å². The highest BCUT2D eigenvalue weighted by atomic mass is 16.2. The van der Waals surface area contributed by atoms with Gasteiger partial charge in [-0.25, -0.2) is 14.8 Å². The second-order valence-electron chi connectivity index (χ2n) is 7.87. The number of rotatable bonds is 5. The third-order valence-electron chi connectivity index (χ3n) is 5.87. The van der Waals surface area contributed by atoms with Gasteiger partial charge in [0, 0.05) is 46.3 Å². The van der Waals surface area contributed by atoms with E-state index in [1.54, 1.807) is 26.2 Å². The van der Waals surface area contributed by atoms with Crippen LogP contribution < -0.4 is 21.5 Å². The largest absolute Gasteiger partial charge is 0.366 e. The number of carbonyl (C=O) groups is 1. The van der Waals surface area contributed by atoms with Crippen LogP contribution in [0.25, 0.3) is 10.9 Å². The summed E-state index contributed by atoms with van der Waals surface area (Å²) < 4.78 is 1.20. The molecule has 2 aromatic heterocycles. The SMILES string of the molecule is CCn1c(=O)[nH]c2cc(CN3CCN(c4cnc(C(=O)NC)nc4C)CC3)ccc2c1=O. The maximum atomic E-state index is 12.5. The average Bonchev–Trinajstić information content (AvgIpc) is 2.79. The number of hydrogen-bond donors (Lipinski definition) is 2. The molecular weight excluding hydrogens is 410 g/mol. The van der Waals surface area contributed by atoms with Crippen LogP contribution >= 0.6 is 0 Å². The number of carbonyl (C=O) groups excluding carboxylic acids is 1. The zero-order valence-electron chi connectivity index (χ0n) is 18.5. The van der Waals surface area contributed by atoms with E-state index in [-0.39, 0.29) is 23.0 Å². The molecule has 2 N–H and O–H groups in total. The summed E-state index contributed by atoms with van der Waals surface area (Å²) in [6.07, 6.45) is 1.71. The Hall–Kier alpha value is -3.53. The van der Waals surface area contributed by atoms with Crippen molar-refractivity contribution in [3.05, 3.63) is 62.3 Å². The lowest BCUT2D eigenvalue weighted by Crippen LogP contribution is -2.46. The van der Waals surface area contributed by atoms with Crippen molar-refractivity contribution in [3.8, 4) is 0 Å². The molecule has 4 rings (SSSR count). The number of hydrogen-bond acceptors (Lipinski definition) is 7. The Labute approximate surface area is 184 Å². The van der Waals surface area contributed by atoms with Crippen molar-refractivity contribution in [1.29, 1.82) is 0 Å². The number of amides is 1. The molecule has 3 heterocycles. The minimum absolute atomic E-state index is 0.174. The number of aromatic nitrogens is 4. The summed E-state index contributed by atoms with van der Waals surface area (Å²) in [5, 5.41) is 3.06. The van der Waals surface area contributed by atoms with E-state index in [1.807, 2.05) is 19.1 Å². The number of benzene rings is 1. The molecule has 168 valence electrons. The Morgan fingerprint density at radius 2 is 1.94 bits per heavy atom. The Bertz CT molecular complexity index is 1270. The molecule has 1 saturated heterocycles. The molecule has 0 spiro atoms. The summed E-state index contributed by atoms with van der Waals surface area (Å²) in [6.45, 7) is 8.07. The predicted molar refractivity (Wildman–Crippen MR) is 122 cm³/mol. The van der Waals surface area contributed by atoms with Crippen molar-refractivity contribution < 1.29 is 4.79 Å². The fourth-order valence-electron chi connectivity index (χ4n) is 4.08. The summed E-state index contributed by atoms with van der Waals surface area (Å²) in [5.41, 5.74) is 2.70. The number of piperazine rings is 1. The third kappa shape index (κ3) is 4.13. The lowest BCUT2D eigenvalue weighted by atomic mass is 10.1. The van der Waals surface area contributed by atoms with Gasteiger partial charge in [0.15, 0.2) is 0 Å². The lowest BCUT2D eigenvalue weighted by molar-refractivity contribution is 0.0952. The quantitative estimate of drug-likeness (QED) is 0.597. The van der Waals surface area contributed by atoms with E-state index in [4.69, 9.17) is 0 Å². The number of nitrogens with zero attached hydrogens (tertiary/aromatic N) is 5. The zero-order chi connectivity index (χ0) is 22.8. The monoisotopic (exact) mass is 437 g/mol. The van der Waals surface area contributed by atoms with Crippen LogP contribution in [0, 0.1) is 6.92 Å². The van der Waals surface area contributed by atoms with Gasteiger partial charge in [-0.2, -0.15) is 0 Å². The highest BCUT2D eigenvalue weighted by Gasteiger charge is 2.20. The molecule has 0 atom stereocenters. The first-order valence-corrected chi connectivity index (χ1v) is 10.7. The molecule has 0 bridgehead atoms. The molecule has 0 unspecified atom stereocenters. The molecule has 0 saturated carbocycles. The predicted octanol–water partition coefficient (Wildman–Crippen LogP) is 0.490. The van der Waals surface area contributed by atoms with Gasteiger partial charge in [0.25, 0.3) is 11.5 Å². The summed E-state index contributed by atoms with van der Waals surface area (Å²) >= 11 is 0. The van der Waals surface area contributed by atoms with Crippen LogP contribution in [0.2, 0.25) is 0 Å². The van der Waals surface area contributed by atoms with Crippen LogP contribution in [0.15, 0.2) is 34.0 Å². The van der Waals surface area contributed by atoms with E-state index >= 15 is 0 Å². The summed E-state index contributed by atoms with van der Waals surface area (Å²) in [6, 6.07) is 5.63. The number of nitrogens with one attached hydrogen (secondary N) is 2. The molecule has 0 radical (unpaired) electrons. The number of aryl methyl sites for hydroxylation is 1. The molecule has 1 amide bonds. The fraction of sp³-hybridized carbons (Fsp3) is 0.409. The van der Waals surface area contributed by atoms with Crippen LogP contribution in [0.5, 0.6) is 0 Å². The van der Waals surface area contributed by atoms with Crippen LogP contribution in [0.1, 0.15) is 28.8 Å². The van der Waals surface area contributed by atoms with Crippen molar-refractivity contribution in [2.75, 3.05) is 38.1 Å². The summed E-state index contributed by atoms with van der Waals surface area (Å²) in [5.74, 6) is -0.123. The van der Waals surface area contributed by atoms with Crippen LogP contribution in [0.3, 0.4) is 0 Å². The van der Waals surface area contributed by atoms with Crippen molar-refractivity contribution >= 4 is 22.5 Å². The van der Waals surface area contributed by atoms with Gasteiger partial charge in [0.2, 0.25) is 5.82 Å². The number of anilines is 1. The maximum absolute atomic E-state index is 12.5. The first-order chi connectivity index (χ1) is 15.4. The minimum Gasteiger partial charge on any atom is -0.366 e. The van der Waals surface area contributed by atoms with Gasteiger partial charge >= 0.3 is 5.69 Å². The van der Waals surface area contributed by atoms with Gasteiger partial charge in [-0.15, -0.1) is 0 Å². The van der Waals surface area contributed by atoms with Gasteiger partial charge < -0.3 is 15.2 Å². The lowest BCUT2D eigenvalue weighted by Gasteiger charge is -2.36. The van der Waals surface area contributed by atoms with Gasteiger partial charge in [0.1, 0.15) is 0 Å². The van der Waals surface area contributed by atoms with Gasteiger partial charge in [-0.1, -0.05) is 6.07 Å². The average molecular weight is 438 g/mol. The van der Waals surface area contributed by atoms with E-state index in [2.05, 4.69) is 30.1 Å². The minimum atomic E-state index is -0.379. The number of aromatic amines is 1. The molecule has 3 aromatic rings. The Balaban J connectivity index is 1.44. The standard InChI is InChI=1S/C22H27N7O3/c1-4-29-21(31)16-6-5-15(11-17(16)26-22(29)32)13-27-7-9-28(10-8-27)18-12-24-19(20(30)23-3)25-14(18)2/h5-6,11-12H,4,7-10,13H2,1-3H3,(H,23,30)(H,26,32). The molecule has 1 aromatic carbocycles. The Morgan fingerprint density at radius 3 is 2.59 bits per heavy atom. The molecule has 10 heteroatoms.